The van der Waals surface area contributed by atoms with E-state index in [1.165, 1.54) is 12.1 Å². The third kappa shape index (κ3) is 3.68. The number of aromatic nitrogens is 2. The van der Waals surface area contributed by atoms with Gasteiger partial charge in [-0.3, -0.25) is 4.79 Å². The summed E-state index contributed by atoms with van der Waals surface area (Å²) in [4.78, 5) is 23.0. The Morgan fingerprint density at radius 1 is 1.21 bits per heavy atom. The molecule has 0 bridgehead atoms. The lowest BCUT2D eigenvalue weighted by Gasteiger charge is -2.30. The van der Waals surface area contributed by atoms with E-state index in [9.17, 15) is 18.7 Å². The van der Waals surface area contributed by atoms with E-state index in [0.29, 0.717) is 22.5 Å². The minimum absolute atomic E-state index is 0.00952. The fourth-order valence-electron chi connectivity index (χ4n) is 4.33. The number of nitrogens with zero attached hydrogens (tertiary/aromatic N) is 3. The molecule has 2 heterocycles. The smallest absolute Gasteiger partial charge is 0.303 e. The second-order valence-corrected chi connectivity index (χ2v) is 9.37. The maximum atomic E-state index is 15.3. The number of hydrogen-bond donors (Lipinski definition) is 2. The van der Waals surface area contributed by atoms with Crippen LogP contribution in [0.15, 0.2) is 30.3 Å². The molecule has 2 aromatic carbocycles. The number of halogens is 3. The number of alkyl halides is 2. The molecule has 0 fully saturated rings. The van der Waals surface area contributed by atoms with E-state index < -0.39 is 28.9 Å². The second-order valence-electron chi connectivity index (χ2n) is 9.37. The molecular formula is C25H27F3N4O2. The van der Waals surface area contributed by atoms with E-state index in [-0.39, 0.29) is 17.4 Å². The lowest BCUT2D eigenvalue weighted by atomic mass is 9.91. The molecule has 2 N–H and O–H groups in total. The Morgan fingerprint density at radius 2 is 1.88 bits per heavy atom. The summed E-state index contributed by atoms with van der Waals surface area (Å²) in [6, 6.07) is 6.67. The number of carbonyl (C=O) groups is 1. The number of carbonyl (C=O) groups excluding carboxylic acids is 1. The number of hydrogen-bond acceptors (Lipinski definition) is 5. The number of anilines is 2. The predicted octanol–water partition coefficient (Wildman–Crippen LogP) is 5.19. The Morgan fingerprint density at radius 3 is 2.53 bits per heavy atom. The van der Waals surface area contributed by atoms with Crippen LogP contribution in [0.5, 0.6) is 0 Å². The van der Waals surface area contributed by atoms with Crippen molar-refractivity contribution >= 4 is 28.3 Å². The fraction of sp³-hybridized carbons (Fsp3) is 0.400. The van der Waals surface area contributed by atoms with Crippen molar-refractivity contribution < 1.29 is 23.1 Å². The number of aryl methyl sites for hydroxylation is 1. The van der Waals surface area contributed by atoms with Gasteiger partial charge in [0.2, 0.25) is 5.91 Å². The van der Waals surface area contributed by atoms with Crippen LogP contribution in [0.2, 0.25) is 0 Å². The molecule has 0 unspecified atom stereocenters. The number of aliphatic hydroxyl groups is 1. The van der Waals surface area contributed by atoms with Gasteiger partial charge in [-0.2, -0.15) is 8.78 Å². The zero-order valence-corrected chi connectivity index (χ0v) is 19.9. The van der Waals surface area contributed by atoms with Crippen LogP contribution in [0.1, 0.15) is 62.2 Å². The molecule has 180 valence electrons. The van der Waals surface area contributed by atoms with E-state index in [4.69, 9.17) is 0 Å². The number of benzene rings is 2. The molecule has 0 radical (unpaired) electrons. The number of amides is 1. The Hall–Kier alpha value is -3.20. The molecule has 2 atom stereocenters. The molecule has 1 aliphatic heterocycles. The minimum Gasteiger partial charge on any atom is -0.384 e. The highest BCUT2D eigenvalue weighted by Gasteiger charge is 2.49. The van der Waals surface area contributed by atoms with Gasteiger partial charge in [-0.1, -0.05) is 12.1 Å². The second kappa shape index (κ2) is 7.94. The van der Waals surface area contributed by atoms with Gasteiger partial charge in [0.1, 0.15) is 23.1 Å². The average molecular weight is 473 g/mol. The Bertz CT molecular complexity index is 1300. The van der Waals surface area contributed by atoms with Gasteiger partial charge in [0.15, 0.2) is 0 Å². The zero-order chi connectivity index (χ0) is 25.2. The number of rotatable bonds is 5. The third-order valence-electron chi connectivity index (χ3n) is 6.44. The largest absolute Gasteiger partial charge is 0.384 e. The van der Waals surface area contributed by atoms with Crippen LogP contribution in [0, 0.1) is 12.7 Å². The van der Waals surface area contributed by atoms with Crippen molar-refractivity contribution in [2.24, 2.45) is 0 Å². The first-order valence-corrected chi connectivity index (χ1v) is 11.0. The lowest BCUT2D eigenvalue weighted by molar-refractivity contribution is -0.170. The van der Waals surface area contributed by atoms with E-state index >= 15 is 4.39 Å². The molecule has 0 saturated carbocycles. The molecule has 1 aliphatic rings. The average Bonchev–Trinajstić information content (AvgIpc) is 2.95. The highest BCUT2D eigenvalue weighted by molar-refractivity contribution is 6.07. The van der Waals surface area contributed by atoms with Crippen molar-refractivity contribution in [1.82, 2.24) is 9.97 Å². The summed E-state index contributed by atoms with van der Waals surface area (Å²) < 4.78 is 44.7. The maximum Gasteiger partial charge on any atom is 0.303 e. The number of fused-ring (bicyclic) bond motifs is 2. The third-order valence-corrected chi connectivity index (χ3v) is 6.44. The first-order valence-electron chi connectivity index (χ1n) is 11.0. The van der Waals surface area contributed by atoms with Crippen molar-refractivity contribution in [2.45, 2.75) is 58.1 Å². The quantitative estimate of drug-likeness (QED) is 0.534. The van der Waals surface area contributed by atoms with Crippen LogP contribution in [0.4, 0.5) is 24.7 Å². The van der Waals surface area contributed by atoms with Crippen LogP contribution < -0.4 is 10.2 Å². The number of likely N-dealkylation sites (N-methyl/N-ethyl adjacent to an activating group) is 1. The maximum absolute atomic E-state index is 15.3. The molecule has 34 heavy (non-hydrogen) atoms. The summed E-state index contributed by atoms with van der Waals surface area (Å²) >= 11 is 0. The SMILES string of the molecule is Cc1nc(N[C@H](C)c2cccc(C(F)(F)C(C)(C)O)c2F)c2cc3c(cc2n1)N(C)C(=O)[C@H]3C. The monoisotopic (exact) mass is 472 g/mol. The lowest BCUT2D eigenvalue weighted by Crippen LogP contribution is -2.41. The fourth-order valence-corrected chi connectivity index (χ4v) is 4.33. The van der Waals surface area contributed by atoms with Gasteiger partial charge in [-0.25, -0.2) is 14.4 Å². The molecule has 4 rings (SSSR count). The highest BCUT2D eigenvalue weighted by atomic mass is 19.3. The molecule has 6 nitrogen and oxygen atoms in total. The van der Waals surface area contributed by atoms with Crippen molar-refractivity contribution in [1.29, 1.82) is 0 Å². The van der Waals surface area contributed by atoms with E-state index in [1.807, 2.05) is 19.1 Å². The van der Waals surface area contributed by atoms with E-state index in [1.54, 1.807) is 25.8 Å². The summed E-state index contributed by atoms with van der Waals surface area (Å²) in [5, 5.41) is 13.7. The Labute approximate surface area is 195 Å². The molecule has 1 aromatic heterocycles. The summed E-state index contributed by atoms with van der Waals surface area (Å²) in [7, 11) is 1.71. The van der Waals surface area contributed by atoms with Crippen LogP contribution in [-0.2, 0) is 10.7 Å². The van der Waals surface area contributed by atoms with E-state index in [0.717, 1.165) is 31.2 Å². The predicted molar refractivity (Wildman–Crippen MR) is 125 cm³/mol. The molecular weight excluding hydrogens is 445 g/mol. The van der Waals surface area contributed by atoms with Crippen molar-refractivity contribution in [3.63, 3.8) is 0 Å². The Balaban J connectivity index is 1.77. The van der Waals surface area contributed by atoms with Gasteiger partial charge in [0.05, 0.1) is 23.0 Å². The van der Waals surface area contributed by atoms with Crippen molar-refractivity contribution in [3.05, 3.63) is 58.7 Å². The van der Waals surface area contributed by atoms with Crippen LogP contribution in [0.3, 0.4) is 0 Å². The molecule has 9 heteroatoms. The topological polar surface area (TPSA) is 78.4 Å². The van der Waals surface area contributed by atoms with Crippen molar-refractivity contribution in [2.75, 3.05) is 17.3 Å². The molecule has 0 spiro atoms. The summed E-state index contributed by atoms with van der Waals surface area (Å²) in [5.74, 6) is -4.36. The summed E-state index contributed by atoms with van der Waals surface area (Å²) in [6.07, 6.45) is 0. The zero-order valence-electron chi connectivity index (χ0n) is 19.9. The van der Waals surface area contributed by atoms with Crippen molar-refractivity contribution in [3.8, 4) is 0 Å². The van der Waals surface area contributed by atoms with Crippen LogP contribution >= 0.6 is 0 Å². The standard InChI is InChI=1S/C25H27F3N4O2/c1-12-16-10-17-19(11-20(16)32(6)23(12)33)30-14(3)31-22(17)29-13(2)15-8-7-9-18(21(15)26)25(27,28)24(4,5)34/h7-13,34H,1-6H3,(H,29,30,31)/t12-,13+/m0/s1. The van der Waals surface area contributed by atoms with Gasteiger partial charge in [-0.05, 0) is 58.4 Å². The first-order chi connectivity index (χ1) is 15.7. The summed E-state index contributed by atoms with van der Waals surface area (Å²) in [6.45, 7) is 7.06. The van der Waals surface area contributed by atoms with Gasteiger partial charge in [0.25, 0.3) is 0 Å². The van der Waals surface area contributed by atoms with E-state index in [2.05, 4.69) is 15.3 Å². The van der Waals surface area contributed by atoms with Gasteiger partial charge in [0, 0.05) is 23.7 Å². The summed E-state index contributed by atoms with van der Waals surface area (Å²) in [5.41, 5.74) is -1.09. The normalized spacial score (nSPS) is 17.3. The molecule has 1 amide bonds. The Kier molecular flexibility index (Phi) is 5.59. The van der Waals surface area contributed by atoms with Crippen LogP contribution in [-0.4, -0.2) is 33.6 Å². The highest BCUT2D eigenvalue weighted by Crippen LogP contribution is 2.42. The van der Waals surface area contributed by atoms with Gasteiger partial charge >= 0.3 is 5.92 Å². The van der Waals surface area contributed by atoms with Gasteiger partial charge < -0.3 is 15.3 Å². The molecule has 0 aliphatic carbocycles. The minimum atomic E-state index is -3.79. The first kappa shape index (κ1) is 23.9. The van der Waals surface area contributed by atoms with Crippen LogP contribution in [0.25, 0.3) is 10.9 Å². The van der Waals surface area contributed by atoms with Gasteiger partial charge in [-0.15, -0.1) is 0 Å². The number of nitrogens with one attached hydrogen (secondary N) is 1. The molecule has 3 aromatic rings. The molecule has 0 saturated heterocycles.